The highest BCUT2D eigenvalue weighted by Gasteiger charge is 1.94. The largest absolute Gasteiger partial charge is 0.207 e. The Hall–Kier alpha value is -0.820. The fraction of sp³-hybridized carbons (Fsp3) is 0.273. The Balaban J connectivity index is 2.77. The van der Waals surface area contributed by atoms with E-state index in [4.69, 9.17) is 11.6 Å². The van der Waals surface area contributed by atoms with E-state index >= 15 is 0 Å². The molecule has 1 aromatic carbocycles. The lowest BCUT2D eigenvalue weighted by Gasteiger charge is -2.00. The fourth-order valence-corrected chi connectivity index (χ4v) is 1.21. The molecule has 0 nitrogen and oxygen atoms in total. The van der Waals surface area contributed by atoms with E-state index in [1.54, 1.807) is 12.1 Å². The predicted molar refractivity (Wildman–Crippen MR) is 55.4 cm³/mol. The predicted octanol–water partition coefficient (Wildman–Crippen LogP) is 3.86. The third-order valence-corrected chi connectivity index (χ3v) is 2.08. The highest BCUT2D eigenvalue weighted by molar-refractivity contribution is 6.17. The van der Waals surface area contributed by atoms with Crippen LogP contribution in [0.25, 0.3) is 5.57 Å². The van der Waals surface area contributed by atoms with Gasteiger partial charge in [0.15, 0.2) is 0 Å². The Kier molecular flexibility index (Phi) is 3.97. The van der Waals surface area contributed by atoms with Crippen molar-refractivity contribution in [1.82, 2.24) is 0 Å². The Morgan fingerprint density at radius 1 is 1.38 bits per heavy atom. The first kappa shape index (κ1) is 10.3. The molecule has 0 saturated heterocycles. The van der Waals surface area contributed by atoms with Crippen molar-refractivity contribution in [3.8, 4) is 0 Å². The van der Waals surface area contributed by atoms with Crippen molar-refractivity contribution < 1.29 is 4.39 Å². The minimum Gasteiger partial charge on any atom is -0.207 e. The van der Waals surface area contributed by atoms with Crippen LogP contribution in [0, 0.1) is 5.82 Å². The van der Waals surface area contributed by atoms with Gasteiger partial charge in [-0.05, 0) is 36.6 Å². The van der Waals surface area contributed by atoms with Crippen LogP contribution in [0.15, 0.2) is 30.3 Å². The molecule has 0 aliphatic carbocycles. The quantitative estimate of drug-likeness (QED) is 0.647. The molecule has 0 aliphatic rings. The number of alkyl halides is 1. The smallest absolute Gasteiger partial charge is 0.123 e. The summed E-state index contributed by atoms with van der Waals surface area (Å²) >= 11 is 5.55. The lowest BCUT2D eigenvalue weighted by molar-refractivity contribution is 0.627. The van der Waals surface area contributed by atoms with E-state index in [0.717, 1.165) is 17.6 Å². The average Bonchev–Trinajstić information content (AvgIpc) is 2.15. The molecule has 2 heteroatoms. The maximum atomic E-state index is 12.6. The van der Waals surface area contributed by atoms with Crippen LogP contribution >= 0.6 is 11.6 Å². The second-order valence-corrected chi connectivity index (χ2v) is 3.25. The van der Waals surface area contributed by atoms with Gasteiger partial charge in [-0.2, -0.15) is 0 Å². The summed E-state index contributed by atoms with van der Waals surface area (Å²) in [6.45, 7) is 2.00. The summed E-state index contributed by atoms with van der Waals surface area (Å²) < 4.78 is 12.6. The van der Waals surface area contributed by atoms with Crippen LogP contribution in [-0.4, -0.2) is 5.88 Å². The molecule has 0 unspecified atom stereocenters. The molecule has 0 atom stereocenters. The third-order valence-electron chi connectivity index (χ3n) is 1.86. The fourth-order valence-electron chi connectivity index (χ4n) is 1.10. The number of benzene rings is 1. The molecular weight excluding hydrogens is 187 g/mol. The number of rotatable bonds is 3. The van der Waals surface area contributed by atoms with E-state index < -0.39 is 0 Å². The van der Waals surface area contributed by atoms with Gasteiger partial charge >= 0.3 is 0 Å². The summed E-state index contributed by atoms with van der Waals surface area (Å²) in [5, 5.41) is 0. The van der Waals surface area contributed by atoms with Crippen molar-refractivity contribution in [3.63, 3.8) is 0 Å². The lowest BCUT2D eigenvalue weighted by Crippen LogP contribution is -1.81. The van der Waals surface area contributed by atoms with Crippen LogP contribution in [0.1, 0.15) is 18.9 Å². The number of hydrogen-bond acceptors (Lipinski definition) is 0. The minimum absolute atomic E-state index is 0.200. The molecule has 0 saturated carbocycles. The molecule has 0 radical (unpaired) electrons. The van der Waals surface area contributed by atoms with Crippen molar-refractivity contribution >= 4 is 17.2 Å². The summed E-state index contributed by atoms with van der Waals surface area (Å²) in [5.74, 6) is 0.423. The number of hydrogen-bond donors (Lipinski definition) is 0. The molecule has 1 rings (SSSR count). The molecule has 0 N–H and O–H groups in total. The molecule has 0 aromatic heterocycles. The molecule has 0 aliphatic heterocycles. The molecule has 0 fully saturated rings. The van der Waals surface area contributed by atoms with Crippen molar-refractivity contribution in [1.29, 1.82) is 0 Å². The van der Waals surface area contributed by atoms with E-state index in [2.05, 4.69) is 6.08 Å². The van der Waals surface area contributed by atoms with Crippen molar-refractivity contribution in [2.45, 2.75) is 13.3 Å². The van der Waals surface area contributed by atoms with Gasteiger partial charge in [0.1, 0.15) is 5.82 Å². The summed E-state index contributed by atoms with van der Waals surface area (Å²) in [6.07, 6.45) is 2.91. The van der Waals surface area contributed by atoms with Crippen LogP contribution < -0.4 is 0 Å². The maximum absolute atomic E-state index is 12.6. The van der Waals surface area contributed by atoms with Crippen LogP contribution in [0.4, 0.5) is 4.39 Å². The van der Waals surface area contributed by atoms with Crippen molar-refractivity contribution in [2.75, 3.05) is 5.88 Å². The average molecular weight is 199 g/mol. The van der Waals surface area contributed by atoms with E-state index in [0.29, 0.717) is 5.88 Å². The molecule has 13 heavy (non-hydrogen) atoms. The van der Waals surface area contributed by atoms with Gasteiger partial charge in [0.05, 0.1) is 0 Å². The van der Waals surface area contributed by atoms with E-state index in [9.17, 15) is 4.39 Å². The van der Waals surface area contributed by atoms with E-state index in [1.165, 1.54) is 12.1 Å². The van der Waals surface area contributed by atoms with Crippen molar-refractivity contribution in [2.24, 2.45) is 0 Å². The molecule has 1 aromatic rings. The monoisotopic (exact) mass is 198 g/mol. The van der Waals surface area contributed by atoms with Gasteiger partial charge < -0.3 is 0 Å². The lowest BCUT2D eigenvalue weighted by atomic mass is 10.1. The van der Waals surface area contributed by atoms with E-state index in [1.807, 2.05) is 6.92 Å². The zero-order chi connectivity index (χ0) is 9.68. The Labute approximate surface area is 83.0 Å². The third kappa shape index (κ3) is 3.19. The molecule has 0 amide bonds. The Bertz CT molecular complexity index is 287. The Morgan fingerprint density at radius 3 is 2.54 bits per heavy atom. The van der Waals surface area contributed by atoms with Crippen LogP contribution in [0.3, 0.4) is 0 Å². The molecular formula is C11H12ClF. The van der Waals surface area contributed by atoms with Crippen LogP contribution in [0.2, 0.25) is 0 Å². The normalized spacial score (nSPS) is 11.8. The second kappa shape index (κ2) is 5.03. The van der Waals surface area contributed by atoms with Gasteiger partial charge in [0.2, 0.25) is 0 Å². The SMILES string of the molecule is C/C(=C\CCCl)c1ccc(F)cc1. The molecule has 0 spiro atoms. The van der Waals surface area contributed by atoms with Gasteiger partial charge in [-0.3, -0.25) is 0 Å². The first-order valence-corrected chi connectivity index (χ1v) is 4.76. The number of allylic oxidation sites excluding steroid dienone is 2. The van der Waals surface area contributed by atoms with Crippen LogP contribution in [-0.2, 0) is 0 Å². The van der Waals surface area contributed by atoms with Crippen LogP contribution in [0.5, 0.6) is 0 Å². The second-order valence-electron chi connectivity index (χ2n) is 2.87. The van der Waals surface area contributed by atoms with E-state index in [-0.39, 0.29) is 5.82 Å². The summed E-state index contributed by atoms with van der Waals surface area (Å²) in [6, 6.07) is 6.48. The maximum Gasteiger partial charge on any atom is 0.123 e. The zero-order valence-corrected chi connectivity index (χ0v) is 8.31. The standard InChI is InChI=1S/C11H12ClF/c1-9(3-2-8-12)10-4-6-11(13)7-5-10/h3-7H,2,8H2,1H3/b9-3+. The number of halogens is 2. The van der Waals surface area contributed by atoms with Gasteiger partial charge in [0.25, 0.3) is 0 Å². The highest BCUT2D eigenvalue weighted by atomic mass is 35.5. The first-order chi connectivity index (χ1) is 6.24. The zero-order valence-electron chi connectivity index (χ0n) is 7.56. The van der Waals surface area contributed by atoms with Gasteiger partial charge in [0, 0.05) is 5.88 Å². The molecule has 70 valence electrons. The van der Waals surface area contributed by atoms with Gasteiger partial charge in [-0.25, -0.2) is 4.39 Å². The van der Waals surface area contributed by atoms with Gasteiger partial charge in [-0.15, -0.1) is 11.6 Å². The summed E-state index contributed by atoms with van der Waals surface area (Å²) in [7, 11) is 0. The first-order valence-electron chi connectivity index (χ1n) is 4.22. The molecule has 0 bridgehead atoms. The van der Waals surface area contributed by atoms with Gasteiger partial charge in [-0.1, -0.05) is 18.2 Å². The molecule has 0 heterocycles. The summed E-state index contributed by atoms with van der Waals surface area (Å²) in [5.41, 5.74) is 2.19. The topological polar surface area (TPSA) is 0 Å². The Morgan fingerprint density at radius 2 is 2.00 bits per heavy atom. The van der Waals surface area contributed by atoms with Crippen molar-refractivity contribution in [3.05, 3.63) is 41.7 Å². The highest BCUT2D eigenvalue weighted by Crippen LogP contribution is 2.14. The summed E-state index contributed by atoms with van der Waals surface area (Å²) in [4.78, 5) is 0. The minimum atomic E-state index is -0.200.